The maximum absolute atomic E-state index is 8.20. The molecule has 6 N–H and O–H groups in total. The van der Waals surface area contributed by atoms with Gasteiger partial charge in [0.05, 0.1) is 19.8 Å². The van der Waals surface area contributed by atoms with Gasteiger partial charge in [0.1, 0.15) is 0 Å². The molecule has 0 saturated carbocycles. The Morgan fingerprint density at radius 3 is 1.84 bits per heavy atom. The lowest BCUT2D eigenvalue weighted by atomic mass is 10.4. The highest BCUT2D eigenvalue weighted by molar-refractivity contribution is 4.57. The van der Waals surface area contributed by atoms with Crippen molar-refractivity contribution in [1.29, 1.82) is 0 Å². The summed E-state index contributed by atoms with van der Waals surface area (Å²) >= 11 is 0. The molecular formula is C13H36N4O2. The third-order valence-corrected chi connectivity index (χ3v) is 2.39. The van der Waals surface area contributed by atoms with Crippen molar-refractivity contribution in [2.75, 3.05) is 66.6 Å². The molecule has 6 nitrogen and oxygen atoms in total. The molecule has 0 aromatic heterocycles. The highest BCUT2D eigenvalue weighted by atomic mass is 16.5. The quantitative estimate of drug-likeness (QED) is 0.689. The number of morpholine rings is 1. The molecule has 0 aromatic rings. The third kappa shape index (κ3) is 23.3. The minimum Gasteiger partial charge on any atom is -0.395 e. The van der Waals surface area contributed by atoms with E-state index in [2.05, 4.69) is 18.7 Å². The fourth-order valence-corrected chi connectivity index (χ4v) is 1.12. The van der Waals surface area contributed by atoms with Crippen molar-refractivity contribution in [2.24, 2.45) is 5.73 Å². The maximum Gasteiger partial charge on any atom is 0.0594 e. The largest absolute Gasteiger partial charge is 0.395 e. The van der Waals surface area contributed by atoms with Gasteiger partial charge in [-0.05, 0) is 33.6 Å². The van der Waals surface area contributed by atoms with Gasteiger partial charge >= 0.3 is 0 Å². The van der Waals surface area contributed by atoms with E-state index >= 15 is 0 Å². The molecule has 1 fully saturated rings. The van der Waals surface area contributed by atoms with Gasteiger partial charge in [-0.1, -0.05) is 13.8 Å². The second kappa shape index (κ2) is 20.1. The molecule has 1 aliphatic rings. The molecule has 0 amide bonds. The summed E-state index contributed by atoms with van der Waals surface area (Å²) in [7, 11) is 3.85. The van der Waals surface area contributed by atoms with Crippen molar-refractivity contribution in [2.45, 2.75) is 20.3 Å². The van der Waals surface area contributed by atoms with E-state index in [-0.39, 0.29) is 12.8 Å². The Kier molecular flexibility index (Phi) is 25.2. The molecule has 0 unspecified atom stereocenters. The lowest BCUT2D eigenvalue weighted by Gasteiger charge is -2.24. The molecule has 0 atom stereocenters. The average molecular weight is 280 g/mol. The van der Waals surface area contributed by atoms with Crippen LogP contribution in [0, 0.1) is 0 Å². The second-order valence-electron chi connectivity index (χ2n) is 4.36. The average Bonchev–Trinajstić information content (AvgIpc) is 2.40. The highest BCUT2D eigenvalue weighted by Crippen LogP contribution is 1.93. The van der Waals surface area contributed by atoms with E-state index < -0.39 is 0 Å². The standard InChI is InChI=1S/C6H13NO.C4H11NO.C3H9N.H3N/c1-2-7-3-5-8-6-4-7;1-5(2)3-4-6;1-2-3-4;/h2-6H2,1H3;6H,3-4H2,1-2H3;2-4H2,1H3;1H3. The second-order valence-corrected chi connectivity index (χ2v) is 4.36. The maximum atomic E-state index is 8.20. The van der Waals surface area contributed by atoms with Crippen LogP contribution in [0.5, 0.6) is 0 Å². The van der Waals surface area contributed by atoms with E-state index in [1.165, 1.54) is 6.54 Å². The van der Waals surface area contributed by atoms with Crippen LogP contribution in [0.4, 0.5) is 0 Å². The van der Waals surface area contributed by atoms with Crippen molar-refractivity contribution < 1.29 is 9.84 Å². The molecule has 0 bridgehead atoms. The molecule has 1 heterocycles. The molecule has 0 aliphatic carbocycles. The van der Waals surface area contributed by atoms with E-state index in [0.29, 0.717) is 0 Å². The zero-order chi connectivity index (χ0) is 14.2. The number of likely N-dealkylation sites (N-methyl/N-ethyl adjacent to an activating group) is 2. The molecule has 0 radical (unpaired) electrons. The molecule has 0 aromatic carbocycles. The van der Waals surface area contributed by atoms with Crippen LogP contribution in [0.1, 0.15) is 20.3 Å². The van der Waals surface area contributed by atoms with Gasteiger partial charge < -0.3 is 26.6 Å². The van der Waals surface area contributed by atoms with E-state index in [0.717, 1.165) is 45.8 Å². The summed E-state index contributed by atoms with van der Waals surface area (Å²) in [4.78, 5) is 4.32. The minimum absolute atomic E-state index is 0. The first kappa shape index (κ1) is 23.8. The zero-order valence-electron chi connectivity index (χ0n) is 13.4. The summed E-state index contributed by atoms with van der Waals surface area (Å²) in [5.41, 5.74) is 5.03. The number of nitrogens with two attached hydrogens (primary N) is 1. The fraction of sp³-hybridized carbons (Fsp3) is 1.00. The monoisotopic (exact) mass is 280 g/mol. The minimum atomic E-state index is 0. The van der Waals surface area contributed by atoms with Crippen LogP contribution in [-0.2, 0) is 4.74 Å². The van der Waals surface area contributed by atoms with E-state index in [1.54, 1.807) is 0 Å². The van der Waals surface area contributed by atoms with Crippen LogP contribution >= 0.6 is 0 Å². The van der Waals surface area contributed by atoms with Gasteiger partial charge in [0, 0.05) is 19.6 Å². The normalized spacial score (nSPS) is 14.7. The molecule has 1 saturated heterocycles. The summed E-state index contributed by atoms with van der Waals surface area (Å²) in [6, 6.07) is 0. The Morgan fingerprint density at radius 1 is 1.21 bits per heavy atom. The van der Waals surface area contributed by atoms with Crippen molar-refractivity contribution in [3.05, 3.63) is 0 Å². The summed E-state index contributed by atoms with van der Waals surface area (Å²) in [5, 5.41) is 8.20. The van der Waals surface area contributed by atoms with Crippen LogP contribution in [0.15, 0.2) is 0 Å². The number of hydrogen-bond donors (Lipinski definition) is 3. The summed E-state index contributed by atoms with van der Waals surface area (Å²) in [6.45, 7) is 11.3. The van der Waals surface area contributed by atoms with Crippen molar-refractivity contribution in [3.8, 4) is 0 Å². The smallest absolute Gasteiger partial charge is 0.0594 e. The van der Waals surface area contributed by atoms with E-state index in [4.69, 9.17) is 15.6 Å². The Bertz CT molecular complexity index is 141. The van der Waals surface area contributed by atoms with Gasteiger partial charge in [-0.2, -0.15) is 0 Å². The first-order valence-corrected chi connectivity index (χ1v) is 6.88. The van der Waals surface area contributed by atoms with Gasteiger partial charge in [0.25, 0.3) is 0 Å². The number of ether oxygens (including phenoxy) is 1. The first-order valence-electron chi connectivity index (χ1n) is 6.88. The topological polar surface area (TPSA) is 97.0 Å². The van der Waals surface area contributed by atoms with Crippen LogP contribution < -0.4 is 11.9 Å². The number of aliphatic hydroxyl groups excluding tert-OH is 1. The van der Waals surface area contributed by atoms with Gasteiger partial charge in [-0.3, -0.25) is 4.90 Å². The van der Waals surface area contributed by atoms with Crippen LogP contribution in [0.2, 0.25) is 0 Å². The molecular weight excluding hydrogens is 244 g/mol. The zero-order valence-corrected chi connectivity index (χ0v) is 13.4. The predicted molar refractivity (Wildman–Crippen MR) is 82.9 cm³/mol. The lowest BCUT2D eigenvalue weighted by Crippen LogP contribution is -2.35. The van der Waals surface area contributed by atoms with Crippen molar-refractivity contribution >= 4 is 0 Å². The van der Waals surface area contributed by atoms with E-state index in [9.17, 15) is 0 Å². The fourth-order valence-electron chi connectivity index (χ4n) is 1.12. The lowest BCUT2D eigenvalue weighted by molar-refractivity contribution is 0.0405. The van der Waals surface area contributed by atoms with Gasteiger partial charge in [-0.15, -0.1) is 0 Å². The Hall–Kier alpha value is -0.240. The molecule has 120 valence electrons. The predicted octanol–water partition coefficient (Wildman–Crippen LogP) is 0.396. The van der Waals surface area contributed by atoms with Crippen LogP contribution in [-0.4, -0.2) is 81.5 Å². The number of rotatable bonds is 4. The Balaban J connectivity index is -0.000000210. The Labute approximate surface area is 119 Å². The summed E-state index contributed by atoms with van der Waals surface area (Å²) in [5.74, 6) is 0. The SMILES string of the molecule is CCCN.CCN1CCOCC1.CN(C)CCO.N. The van der Waals surface area contributed by atoms with Gasteiger partial charge in [0.2, 0.25) is 0 Å². The number of hydrogen-bond acceptors (Lipinski definition) is 6. The summed E-state index contributed by atoms with van der Waals surface area (Å²) in [6.07, 6.45) is 1.10. The molecule has 19 heavy (non-hydrogen) atoms. The van der Waals surface area contributed by atoms with Crippen LogP contribution in [0.3, 0.4) is 0 Å². The first-order chi connectivity index (χ1) is 8.62. The van der Waals surface area contributed by atoms with Gasteiger partial charge in [-0.25, -0.2) is 0 Å². The van der Waals surface area contributed by atoms with Gasteiger partial charge in [0.15, 0.2) is 0 Å². The van der Waals surface area contributed by atoms with Crippen LogP contribution in [0.25, 0.3) is 0 Å². The molecule has 1 aliphatic heterocycles. The molecule has 6 heteroatoms. The molecule has 1 rings (SSSR count). The van der Waals surface area contributed by atoms with Crippen molar-refractivity contribution in [1.82, 2.24) is 16.0 Å². The molecule has 0 spiro atoms. The summed E-state index contributed by atoms with van der Waals surface area (Å²) < 4.78 is 5.16. The third-order valence-electron chi connectivity index (χ3n) is 2.39. The highest BCUT2D eigenvalue weighted by Gasteiger charge is 2.05. The van der Waals surface area contributed by atoms with Crippen molar-refractivity contribution in [3.63, 3.8) is 0 Å². The number of aliphatic hydroxyl groups is 1. The number of nitrogens with zero attached hydrogens (tertiary/aromatic N) is 2. The Morgan fingerprint density at radius 2 is 1.68 bits per heavy atom. The van der Waals surface area contributed by atoms with E-state index in [1.807, 2.05) is 19.0 Å².